The maximum Gasteiger partial charge on any atom is 0.230 e. The van der Waals surface area contributed by atoms with Crippen LogP contribution in [0.2, 0.25) is 0 Å². The van der Waals surface area contributed by atoms with Crippen LogP contribution < -0.4 is 5.32 Å². The van der Waals surface area contributed by atoms with Crippen LogP contribution in [0, 0.1) is 11.6 Å². The van der Waals surface area contributed by atoms with E-state index >= 15 is 0 Å². The number of amides is 1. The average molecular weight is 394 g/mol. The van der Waals surface area contributed by atoms with Crippen molar-refractivity contribution in [3.63, 3.8) is 0 Å². The summed E-state index contributed by atoms with van der Waals surface area (Å²) in [4.78, 5) is 16.6. The van der Waals surface area contributed by atoms with E-state index in [4.69, 9.17) is 4.42 Å². The van der Waals surface area contributed by atoms with E-state index in [0.29, 0.717) is 10.3 Å². The fourth-order valence-electron chi connectivity index (χ4n) is 3.35. The highest BCUT2D eigenvalue weighted by Gasteiger charge is 2.16. The van der Waals surface area contributed by atoms with Crippen molar-refractivity contribution in [2.24, 2.45) is 0 Å². The second-order valence-electron chi connectivity index (χ2n) is 6.40. The van der Waals surface area contributed by atoms with Gasteiger partial charge in [-0.2, -0.15) is 0 Å². The second kappa shape index (κ2) is 6.38. The van der Waals surface area contributed by atoms with Gasteiger partial charge in [-0.3, -0.25) is 4.79 Å². The molecule has 0 saturated heterocycles. The Morgan fingerprint density at radius 2 is 2.00 bits per heavy atom. The number of nitrogens with one attached hydrogen (secondary N) is 1. The number of nitrogens with zero attached hydrogens (tertiary/aromatic N) is 1. The van der Waals surface area contributed by atoms with Crippen LogP contribution in [0.5, 0.6) is 0 Å². The van der Waals surface area contributed by atoms with Crippen molar-refractivity contribution in [1.29, 1.82) is 0 Å². The molecular weight excluding hydrogens is 382 g/mol. The van der Waals surface area contributed by atoms with Gasteiger partial charge < -0.3 is 9.73 Å². The Balaban J connectivity index is 1.46. The minimum Gasteiger partial charge on any atom is -0.464 e. The Labute approximate surface area is 161 Å². The van der Waals surface area contributed by atoms with Gasteiger partial charge in [0.25, 0.3) is 0 Å². The molecular formula is C21H12F2N2O2S. The van der Waals surface area contributed by atoms with Gasteiger partial charge in [-0.25, -0.2) is 13.8 Å². The Morgan fingerprint density at radius 3 is 2.89 bits per heavy atom. The summed E-state index contributed by atoms with van der Waals surface area (Å²) < 4.78 is 33.1. The number of fused-ring (bicyclic) bond motifs is 4. The van der Waals surface area contributed by atoms with E-state index in [2.05, 4.69) is 10.3 Å². The van der Waals surface area contributed by atoms with E-state index in [1.54, 1.807) is 6.26 Å². The van der Waals surface area contributed by atoms with Crippen LogP contribution >= 0.6 is 11.3 Å². The summed E-state index contributed by atoms with van der Waals surface area (Å²) in [6.45, 7) is 0. The number of furan rings is 1. The van der Waals surface area contributed by atoms with Gasteiger partial charge in [0.05, 0.1) is 17.4 Å². The van der Waals surface area contributed by atoms with Crippen LogP contribution in [-0.4, -0.2) is 10.9 Å². The lowest BCUT2D eigenvalue weighted by atomic mass is 10.0. The molecule has 0 unspecified atom stereocenters. The Bertz CT molecular complexity index is 1370. The van der Waals surface area contributed by atoms with Gasteiger partial charge in [-0.05, 0) is 22.9 Å². The van der Waals surface area contributed by atoms with Crippen molar-refractivity contribution < 1.29 is 18.0 Å². The van der Waals surface area contributed by atoms with Gasteiger partial charge in [0, 0.05) is 17.0 Å². The summed E-state index contributed by atoms with van der Waals surface area (Å²) in [5.41, 5.74) is 1.50. The molecule has 1 amide bonds. The van der Waals surface area contributed by atoms with Crippen LogP contribution in [0.1, 0.15) is 5.56 Å². The monoisotopic (exact) mass is 394 g/mol. The lowest BCUT2D eigenvalue weighted by molar-refractivity contribution is -0.115. The van der Waals surface area contributed by atoms with Crippen LogP contribution in [0.15, 0.2) is 59.2 Å². The first-order valence-electron chi connectivity index (χ1n) is 8.52. The first-order chi connectivity index (χ1) is 13.6. The predicted molar refractivity (Wildman–Crippen MR) is 106 cm³/mol. The first-order valence-corrected chi connectivity index (χ1v) is 9.33. The van der Waals surface area contributed by atoms with Crippen LogP contribution in [-0.2, 0) is 11.2 Å². The third-order valence-electron chi connectivity index (χ3n) is 4.55. The maximum atomic E-state index is 13.8. The van der Waals surface area contributed by atoms with Gasteiger partial charge in [0.15, 0.2) is 10.9 Å². The molecule has 0 radical (unpaired) electrons. The van der Waals surface area contributed by atoms with Crippen LogP contribution in [0.3, 0.4) is 0 Å². The highest BCUT2D eigenvalue weighted by atomic mass is 32.1. The van der Waals surface area contributed by atoms with Crippen molar-refractivity contribution in [3.05, 3.63) is 72.0 Å². The van der Waals surface area contributed by atoms with Gasteiger partial charge in [0.2, 0.25) is 5.91 Å². The zero-order chi connectivity index (χ0) is 19.3. The van der Waals surface area contributed by atoms with Crippen LogP contribution in [0.4, 0.5) is 13.9 Å². The number of carbonyl (C=O) groups excluding carboxylic acids is 1. The van der Waals surface area contributed by atoms with E-state index in [0.717, 1.165) is 39.1 Å². The highest BCUT2D eigenvalue weighted by Crippen LogP contribution is 2.31. The van der Waals surface area contributed by atoms with E-state index in [1.165, 1.54) is 6.07 Å². The zero-order valence-electron chi connectivity index (χ0n) is 14.3. The molecule has 4 nitrogen and oxygen atoms in total. The molecule has 0 fully saturated rings. The molecule has 0 aliphatic heterocycles. The first kappa shape index (κ1) is 16.8. The van der Waals surface area contributed by atoms with E-state index in [9.17, 15) is 13.6 Å². The maximum absolute atomic E-state index is 13.8. The normalized spacial score (nSPS) is 11.5. The van der Waals surface area contributed by atoms with E-state index in [-0.39, 0.29) is 23.0 Å². The SMILES string of the molecule is O=C(Cc1coc2ccc3ccccc3c12)Nc1nc2c(F)cc(F)cc2s1. The molecule has 138 valence electrons. The smallest absolute Gasteiger partial charge is 0.230 e. The zero-order valence-corrected chi connectivity index (χ0v) is 15.1. The van der Waals surface area contributed by atoms with E-state index < -0.39 is 11.6 Å². The number of carbonyl (C=O) groups is 1. The van der Waals surface area contributed by atoms with Crippen molar-refractivity contribution >= 4 is 54.3 Å². The summed E-state index contributed by atoms with van der Waals surface area (Å²) in [5, 5.41) is 5.85. The van der Waals surface area contributed by atoms with Crippen molar-refractivity contribution in [2.75, 3.05) is 5.32 Å². The third kappa shape index (κ3) is 2.80. The molecule has 28 heavy (non-hydrogen) atoms. The number of hydrogen-bond donors (Lipinski definition) is 1. The van der Waals surface area contributed by atoms with Crippen molar-refractivity contribution in [1.82, 2.24) is 4.98 Å². The molecule has 0 atom stereocenters. The quantitative estimate of drug-likeness (QED) is 0.430. The molecule has 2 heterocycles. The molecule has 1 N–H and O–H groups in total. The summed E-state index contributed by atoms with van der Waals surface area (Å²) in [6, 6.07) is 13.7. The Kier molecular flexibility index (Phi) is 3.84. The fraction of sp³-hybridized carbons (Fsp3) is 0.0476. The number of anilines is 1. The van der Waals surface area contributed by atoms with Gasteiger partial charge in [-0.15, -0.1) is 0 Å². The van der Waals surface area contributed by atoms with Gasteiger partial charge in [0.1, 0.15) is 16.9 Å². The molecule has 0 bridgehead atoms. The van der Waals surface area contributed by atoms with E-state index in [1.807, 2.05) is 36.4 Å². The molecule has 7 heteroatoms. The van der Waals surface area contributed by atoms with Crippen molar-refractivity contribution in [2.45, 2.75) is 6.42 Å². The molecule has 3 aromatic carbocycles. The van der Waals surface area contributed by atoms with Crippen molar-refractivity contribution in [3.8, 4) is 0 Å². The largest absolute Gasteiger partial charge is 0.464 e. The predicted octanol–water partition coefficient (Wildman–Crippen LogP) is 5.66. The second-order valence-corrected chi connectivity index (χ2v) is 7.43. The number of rotatable bonds is 3. The number of halogens is 2. The van der Waals surface area contributed by atoms with Gasteiger partial charge in [-0.1, -0.05) is 41.7 Å². The summed E-state index contributed by atoms with van der Waals surface area (Å²) >= 11 is 1.03. The van der Waals surface area contributed by atoms with Crippen LogP contribution in [0.25, 0.3) is 32.0 Å². The Morgan fingerprint density at radius 1 is 1.14 bits per heavy atom. The summed E-state index contributed by atoms with van der Waals surface area (Å²) in [7, 11) is 0. The number of aromatic nitrogens is 1. The molecule has 2 aromatic heterocycles. The lowest BCUT2D eigenvalue weighted by Crippen LogP contribution is -2.13. The fourth-order valence-corrected chi connectivity index (χ4v) is 4.27. The third-order valence-corrected chi connectivity index (χ3v) is 5.47. The Hall–Kier alpha value is -3.32. The molecule has 5 aromatic rings. The van der Waals surface area contributed by atoms with Gasteiger partial charge >= 0.3 is 0 Å². The topological polar surface area (TPSA) is 55.1 Å². The molecule has 5 rings (SSSR count). The number of thiazole rings is 1. The molecule has 0 aliphatic rings. The summed E-state index contributed by atoms with van der Waals surface area (Å²) in [5.74, 6) is -1.74. The number of benzene rings is 3. The minimum atomic E-state index is -0.751. The highest BCUT2D eigenvalue weighted by molar-refractivity contribution is 7.22. The molecule has 0 spiro atoms. The molecule has 0 aliphatic carbocycles. The lowest BCUT2D eigenvalue weighted by Gasteiger charge is -2.03. The average Bonchev–Trinajstić information content (AvgIpc) is 3.26. The summed E-state index contributed by atoms with van der Waals surface area (Å²) in [6.07, 6.45) is 1.65. The number of hydrogen-bond acceptors (Lipinski definition) is 4. The standard InChI is InChI=1S/C21H12F2N2O2S/c22-13-8-15(23)20-17(9-13)28-21(25-20)24-18(26)7-12-10-27-16-6-5-11-3-1-2-4-14(11)19(12)16/h1-6,8-10H,7H2,(H,24,25,26). The molecule has 0 saturated carbocycles. The minimum absolute atomic E-state index is 0.0430.